The largest absolute Gasteiger partial charge is 0.288 e. The van der Waals surface area contributed by atoms with Crippen LogP contribution in [0.5, 0.6) is 0 Å². The van der Waals surface area contributed by atoms with Crippen LogP contribution in [0.1, 0.15) is 15.9 Å². The summed E-state index contributed by atoms with van der Waals surface area (Å²) in [6.07, 6.45) is 3.35. The lowest BCUT2D eigenvalue weighted by Crippen LogP contribution is -1.98. The van der Waals surface area contributed by atoms with E-state index in [2.05, 4.69) is 5.10 Å². The number of ketones is 1. The summed E-state index contributed by atoms with van der Waals surface area (Å²) in [5.74, 6) is 0.0375. The van der Waals surface area contributed by atoms with Gasteiger partial charge in [-0.3, -0.25) is 9.48 Å². The molecule has 0 unspecified atom stereocenters. The van der Waals surface area contributed by atoms with Crippen LogP contribution in [-0.2, 0) is 7.05 Å². The standard InChI is InChI=1S/C13H10N2OS/c1-15-7-9(6-14-15)13(16)11-8-17-12-5-3-2-4-10(11)12/h2-8H,1H3. The number of carbonyl (C=O) groups excluding carboxylic acids is 1. The van der Waals surface area contributed by atoms with Crippen LogP contribution in [0.4, 0.5) is 0 Å². The molecule has 0 aliphatic rings. The third-order valence-electron chi connectivity index (χ3n) is 2.69. The quantitative estimate of drug-likeness (QED) is 0.648. The Morgan fingerprint density at radius 3 is 2.94 bits per heavy atom. The lowest BCUT2D eigenvalue weighted by molar-refractivity contribution is 0.104. The van der Waals surface area contributed by atoms with Crippen molar-refractivity contribution in [3.05, 3.63) is 53.2 Å². The second-order valence-corrected chi connectivity index (χ2v) is 4.79. The highest BCUT2D eigenvalue weighted by Gasteiger charge is 2.15. The first kappa shape index (κ1) is 10.2. The van der Waals surface area contributed by atoms with Crippen LogP contribution in [0.15, 0.2) is 42.0 Å². The van der Waals surface area contributed by atoms with Gasteiger partial charge in [0.15, 0.2) is 5.78 Å². The van der Waals surface area contributed by atoms with E-state index in [1.165, 1.54) is 0 Å². The summed E-state index contributed by atoms with van der Waals surface area (Å²) < 4.78 is 2.78. The van der Waals surface area contributed by atoms with E-state index < -0.39 is 0 Å². The van der Waals surface area contributed by atoms with E-state index in [4.69, 9.17) is 0 Å². The van der Waals surface area contributed by atoms with Crippen molar-refractivity contribution in [1.82, 2.24) is 9.78 Å². The zero-order valence-corrected chi connectivity index (χ0v) is 10.1. The molecule has 4 heteroatoms. The summed E-state index contributed by atoms with van der Waals surface area (Å²) >= 11 is 1.60. The topological polar surface area (TPSA) is 34.9 Å². The van der Waals surface area contributed by atoms with Gasteiger partial charge in [0.25, 0.3) is 0 Å². The summed E-state index contributed by atoms with van der Waals surface area (Å²) in [6.45, 7) is 0. The summed E-state index contributed by atoms with van der Waals surface area (Å²) in [6, 6.07) is 7.95. The molecule has 3 rings (SSSR count). The van der Waals surface area contributed by atoms with Gasteiger partial charge in [-0.2, -0.15) is 5.10 Å². The van der Waals surface area contributed by atoms with Gasteiger partial charge in [0.05, 0.1) is 11.8 Å². The smallest absolute Gasteiger partial charge is 0.197 e. The Morgan fingerprint density at radius 2 is 2.18 bits per heavy atom. The summed E-state index contributed by atoms with van der Waals surface area (Å²) in [5.41, 5.74) is 1.40. The number of hydrogen-bond donors (Lipinski definition) is 0. The number of benzene rings is 1. The predicted molar refractivity (Wildman–Crippen MR) is 68.5 cm³/mol. The lowest BCUT2D eigenvalue weighted by Gasteiger charge is -1.95. The minimum atomic E-state index is 0.0375. The van der Waals surface area contributed by atoms with Gasteiger partial charge in [-0.1, -0.05) is 18.2 Å². The fourth-order valence-electron chi connectivity index (χ4n) is 1.85. The normalized spacial score (nSPS) is 10.9. The first-order valence-corrected chi connectivity index (χ1v) is 6.13. The van der Waals surface area contributed by atoms with Crippen molar-refractivity contribution in [3.63, 3.8) is 0 Å². The maximum Gasteiger partial charge on any atom is 0.197 e. The van der Waals surface area contributed by atoms with Crippen LogP contribution in [0.25, 0.3) is 10.1 Å². The van der Waals surface area contributed by atoms with Gasteiger partial charge in [0.1, 0.15) is 0 Å². The molecule has 2 heterocycles. The van der Waals surface area contributed by atoms with Gasteiger partial charge in [-0.15, -0.1) is 11.3 Å². The number of hydrogen-bond acceptors (Lipinski definition) is 3. The Kier molecular flexibility index (Phi) is 2.30. The fraction of sp³-hybridized carbons (Fsp3) is 0.0769. The number of rotatable bonds is 2. The molecule has 3 aromatic rings. The summed E-state index contributed by atoms with van der Waals surface area (Å²) in [5, 5.41) is 6.96. The molecule has 0 N–H and O–H groups in total. The molecule has 0 fully saturated rings. The third kappa shape index (κ3) is 1.66. The molecule has 3 nitrogen and oxygen atoms in total. The van der Waals surface area contributed by atoms with Crippen LogP contribution in [0.2, 0.25) is 0 Å². The van der Waals surface area contributed by atoms with Crippen LogP contribution in [0.3, 0.4) is 0 Å². The zero-order chi connectivity index (χ0) is 11.8. The highest BCUT2D eigenvalue weighted by atomic mass is 32.1. The minimum Gasteiger partial charge on any atom is -0.288 e. The van der Waals surface area contributed by atoms with Crippen molar-refractivity contribution in [2.45, 2.75) is 0 Å². The van der Waals surface area contributed by atoms with Crippen LogP contribution in [-0.4, -0.2) is 15.6 Å². The fourth-order valence-corrected chi connectivity index (χ4v) is 2.79. The Hall–Kier alpha value is -1.94. The molecule has 0 atom stereocenters. The van der Waals surface area contributed by atoms with Crippen molar-refractivity contribution in [2.75, 3.05) is 0 Å². The van der Waals surface area contributed by atoms with E-state index in [9.17, 15) is 4.79 Å². The summed E-state index contributed by atoms with van der Waals surface area (Å²) in [7, 11) is 1.81. The Labute approximate surface area is 102 Å². The number of aromatic nitrogens is 2. The molecule has 17 heavy (non-hydrogen) atoms. The molecule has 0 saturated carbocycles. The van der Waals surface area contributed by atoms with Crippen molar-refractivity contribution < 1.29 is 4.79 Å². The number of carbonyl (C=O) groups is 1. The summed E-state index contributed by atoms with van der Waals surface area (Å²) in [4.78, 5) is 12.3. The zero-order valence-electron chi connectivity index (χ0n) is 9.25. The van der Waals surface area contributed by atoms with Crippen LogP contribution < -0.4 is 0 Å². The molecular weight excluding hydrogens is 232 g/mol. The number of nitrogens with zero attached hydrogens (tertiary/aromatic N) is 2. The van der Waals surface area contributed by atoms with Crippen LogP contribution >= 0.6 is 11.3 Å². The maximum absolute atomic E-state index is 12.3. The Bertz CT molecular complexity index is 696. The molecule has 0 saturated heterocycles. The van der Waals surface area contributed by atoms with Crippen molar-refractivity contribution >= 4 is 27.2 Å². The molecule has 0 radical (unpaired) electrons. The van der Waals surface area contributed by atoms with Gasteiger partial charge < -0.3 is 0 Å². The average Bonchev–Trinajstić information content (AvgIpc) is 2.94. The van der Waals surface area contributed by atoms with Crippen LogP contribution in [0, 0.1) is 0 Å². The first-order chi connectivity index (χ1) is 8.25. The molecule has 2 aromatic heterocycles. The van der Waals surface area contributed by atoms with E-state index in [0.29, 0.717) is 5.56 Å². The Balaban J connectivity index is 2.13. The highest BCUT2D eigenvalue weighted by Crippen LogP contribution is 2.27. The van der Waals surface area contributed by atoms with E-state index in [0.717, 1.165) is 15.6 Å². The molecule has 0 spiro atoms. The van der Waals surface area contributed by atoms with Gasteiger partial charge >= 0.3 is 0 Å². The van der Waals surface area contributed by atoms with E-state index >= 15 is 0 Å². The molecule has 0 aliphatic heterocycles. The van der Waals surface area contributed by atoms with Gasteiger partial charge in [-0.05, 0) is 6.07 Å². The molecule has 0 amide bonds. The highest BCUT2D eigenvalue weighted by molar-refractivity contribution is 7.17. The van der Waals surface area contributed by atoms with Crippen molar-refractivity contribution in [2.24, 2.45) is 7.05 Å². The van der Waals surface area contributed by atoms with E-state index in [-0.39, 0.29) is 5.78 Å². The first-order valence-electron chi connectivity index (χ1n) is 5.25. The Morgan fingerprint density at radius 1 is 1.35 bits per heavy atom. The van der Waals surface area contributed by atoms with E-state index in [1.54, 1.807) is 28.4 Å². The molecule has 1 aromatic carbocycles. The monoisotopic (exact) mass is 242 g/mol. The van der Waals surface area contributed by atoms with E-state index in [1.807, 2.05) is 36.7 Å². The molecule has 0 aliphatic carbocycles. The molecule has 0 bridgehead atoms. The number of fused-ring (bicyclic) bond motifs is 1. The van der Waals surface area contributed by atoms with Gasteiger partial charge in [0, 0.05) is 34.3 Å². The van der Waals surface area contributed by atoms with Gasteiger partial charge in [-0.25, -0.2) is 0 Å². The second-order valence-electron chi connectivity index (χ2n) is 3.88. The van der Waals surface area contributed by atoms with Gasteiger partial charge in [0.2, 0.25) is 0 Å². The number of thiophene rings is 1. The third-order valence-corrected chi connectivity index (χ3v) is 3.66. The van der Waals surface area contributed by atoms with Crippen molar-refractivity contribution in [3.8, 4) is 0 Å². The number of aryl methyl sites for hydroxylation is 1. The maximum atomic E-state index is 12.3. The molecule has 84 valence electrons. The minimum absolute atomic E-state index is 0.0375. The second kappa shape index (κ2) is 3.82. The SMILES string of the molecule is Cn1cc(C(=O)c2csc3ccccc23)cn1. The predicted octanol–water partition coefficient (Wildman–Crippen LogP) is 2.87. The van der Waals surface area contributed by atoms with Crippen molar-refractivity contribution in [1.29, 1.82) is 0 Å². The lowest BCUT2D eigenvalue weighted by atomic mass is 10.1. The average molecular weight is 242 g/mol. The molecular formula is C13H10N2OS.